The van der Waals surface area contributed by atoms with Crippen molar-refractivity contribution >= 4 is 0 Å². The van der Waals surface area contributed by atoms with Crippen molar-refractivity contribution in [1.29, 1.82) is 0 Å². The van der Waals surface area contributed by atoms with Gasteiger partial charge in [-0.2, -0.15) is 0 Å². The number of rotatable bonds is 0. The Balaban J connectivity index is 1.71. The molecule has 1 aromatic rings. The molecule has 2 heterocycles. The lowest BCUT2D eigenvalue weighted by molar-refractivity contribution is 0.184. The molecule has 0 amide bonds. The maximum Gasteiger partial charge on any atom is 0.0394 e. The maximum atomic E-state index is 2.70. The van der Waals surface area contributed by atoms with E-state index in [1.807, 2.05) is 0 Å². The normalized spacial score (nSPS) is 29.7. The first-order valence-electron chi connectivity index (χ1n) is 7.52. The summed E-state index contributed by atoms with van der Waals surface area (Å²) in [5.74, 6) is 0.729. The zero-order valence-corrected chi connectivity index (χ0v) is 11.6. The fraction of sp³-hybridized carbons (Fsp3) is 0.444. The lowest BCUT2D eigenvalue weighted by atomic mass is 9.80. The zero-order chi connectivity index (χ0) is 12.8. The van der Waals surface area contributed by atoms with Crippen molar-refractivity contribution in [2.45, 2.75) is 32.2 Å². The molecule has 0 aromatic heterocycles. The van der Waals surface area contributed by atoms with Gasteiger partial charge in [-0.1, -0.05) is 48.9 Å². The third-order valence-electron chi connectivity index (χ3n) is 4.98. The van der Waals surface area contributed by atoms with Gasteiger partial charge in [-0.05, 0) is 41.9 Å². The number of allylic oxidation sites excluding steroid dienone is 2. The molecule has 1 aromatic carbocycles. The van der Waals surface area contributed by atoms with Crippen LogP contribution in [-0.4, -0.2) is 18.0 Å². The maximum absolute atomic E-state index is 2.70. The van der Waals surface area contributed by atoms with Gasteiger partial charge >= 0.3 is 0 Å². The second-order valence-corrected chi connectivity index (χ2v) is 6.31. The van der Waals surface area contributed by atoms with Gasteiger partial charge in [0.05, 0.1) is 0 Å². The Labute approximate surface area is 115 Å². The highest BCUT2D eigenvalue weighted by Crippen LogP contribution is 2.41. The number of fused-ring (bicyclic) bond motifs is 3. The van der Waals surface area contributed by atoms with Crippen LogP contribution >= 0.6 is 0 Å². The van der Waals surface area contributed by atoms with Crippen LogP contribution in [0.15, 0.2) is 47.6 Å². The summed E-state index contributed by atoms with van der Waals surface area (Å²) >= 11 is 0. The highest BCUT2D eigenvalue weighted by molar-refractivity contribution is 5.40. The number of hydrogen-bond acceptors (Lipinski definition) is 1. The Morgan fingerprint density at radius 3 is 3.00 bits per heavy atom. The second kappa shape index (κ2) is 4.35. The molecular formula is C18H21N. The van der Waals surface area contributed by atoms with Gasteiger partial charge in [0.2, 0.25) is 0 Å². The number of benzene rings is 1. The SMILES string of the molecule is C[C@H]1C=CC2=C(C1)CN1CCc3ccccc3[C@H]1C2. The van der Waals surface area contributed by atoms with Crippen molar-refractivity contribution < 1.29 is 0 Å². The van der Waals surface area contributed by atoms with Crippen molar-refractivity contribution in [3.05, 3.63) is 58.7 Å². The molecular weight excluding hydrogens is 230 g/mol. The van der Waals surface area contributed by atoms with Crippen LogP contribution in [0, 0.1) is 5.92 Å². The monoisotopic (exact) mass is 251 g/mol. The van der Waals surface area contributed by atoms with E-state index in [-0.39, 0.29) is 0 Å². The first kappa shape index (κ1) is 11.5. The molecule has 1 aliphatic carbocycles. The van der Waals surface area contributed by atoms with Crippen molar-refractivity contribution in [3.8, 4) is 0 Å². The molecule has 1 nitrogen and oxygen atoms in total. The molecule has 2 aliphatic heterocycles. The molecule has 2 atom stereocenters. The fourth-order valence-corrected chi connectivity index (χ4v) is 3.95. The summed E-state index contributed by atoms with van der Waals surface area (Å²) in [4.78, 5) is 2.70. The van der Waals surface area contributed by atoms with Crippen molar-refractivity contribution in [1.82, 2.24) is 4.90 Å². The third-order valence-corrected chi connectivity index (χ3v) is 4.98. The molecule has 3 aliphatic rings. The van der Waals surface area contributed by atoms with Gasteiger partial charge in [0.1, 0.15) is 0 Å². The molecule has 98 valence electrons. The van der Waals surface area contributed by atoms with E-state index in [4.69, 9.17) is 0 Å². The van der Waals surface area contributed by atoms with E-state index in [1.54, 1.807) is 22.3 Å². The summed E-state index contributed by atoms with van der Waals surface area (Å²) in [6.45, 7) is 4.76. The summed E-state index contributed by atoms with van der Waals surface area (Å²) in [6.07, 6.45) is 8.51. The highest BCUT2D eigenvalue weighted by Gasteiger charge is 2.33. The molecule has 0 saturated heterocycles. The summed E-state index contributed by atoms with van der Waals surface area (Å²) in [5.41, 5.74) is 6.47. The summed E-state index contributed by atoms with van der Waals surface area (Å²) in [7, 11) is 0. The first-order valence-corrected chi connectivity index (χ1v) is 7.52. The molecule has 0 spiro atoms. The topological polar surface area (TPSA) is 3.24 Å². The van der Waals surface area contributed by atoms with Gasteiger partial charge in [0.15, 0.2) is 0 Å². The van der Waals surface area contributed by atoms with Gasteiger partial charge < -0.3 is 0 Å². The average molecular weight is 251 g/mol. The Kier molecular flexibility index (Phi) is 2.63. The molecule has 0 radical (unpaired) electrons. The number of nitrogens with zero attached hydrogens (tertiary/aromatic N) is 1. The number of hydrogen-bond donors (Lipinski definition) is 0. The summed E-state index contributed by atoms with van der Waals surface area (Å²) in [6, 6.07) is 9.67. The fourth-order valence-electron chi connectivity index (χ4n) is 3.95. The van der Waals surface area contributed by atoms with Crippen molar-refractivity contribution in [2.75, 3.05) is 13.1 Å². The van der Waals surface area contributed by atoms with E-state index in [1.165, 1.54) is 32.4 Å². The molecule has 4 rings (SSSR count). The van der Waals surface area contributed by atoms with E-state index in [2.05, 4.69) is 48.2 Å². The van der Waals surface area contributed by atoms with Gasteiger partial charge in [-0.15, -0.1) is 0 Å². The van der Waals surface area contributed by atoms with E-state index in [0.717, 1.165) is 5.92 Å². The lowest BCUT2D eigenvalue weighted by Gasteiger charge is -2.43. The van der Waals surface area contributed by atoms with E-state index < -0.39 is 0 Å². The van der Waals surface area contributed by atoms with Crippen LogP contribution in [0.5, 0.6) is 0 Å². The van der Waals surface area contributed by atoms with E-state index >= 15 is 0 Å². The van der Waals surface area contributed by atoms with E-state index in [0.29, 0.717) is 6.04 Å². The van der Waals surface area contributed by atoms with Gasteiger partial charge in [0, 0.05) is 19.1 Å². The predicted octanol–water partition coefficient (Wildman–Crippen LogP) is 3.88. The molecule has 1 heteroatoms. The predicted molar refractivity (Wildman–Crippen MR) is 79.0 cm³/mol. The standard InChI is InChI=1S/C18H21N/c1-13-6-7-15-11-18-17-5-3-2-4-14(17)8-9-19(18)12-16(15)10-13/h2-7,13,18H,8-12H2,1H3/t13-,18+/m0/s1. The quantitative estimate of drug-likeness (QED) is 0.676. The summed E-state index contributed by atoms with van der Waals surface area (Å²) in [5, 5.41) is 0. The minimum atomic E-state index is 0.627. The molecule has 0 N–H and O–H groups in total. The highest BCUT2D eigenvalue weighted by atomic mass is 15.2. The van der Waals surface area contributed by atoms with Gasteiger partial charge in [0.25, 0.3) is 0 Å². The Morgan fingerprint density at radius 1 is 1.16 bits per heavy atom. The smallest absolute Gasteiger partial charge is 0.0394 e. The van der Waals surface area contributed by atoms with Gasteiger partial charge in [-0.25, -0.2) is 0 Å². The largest absolute Gasteiger partial charge is 0.292 e. The van der Waals surface area contributed by atoms with Crippen LogP contribution in [0.1, 0.15) is 36.9 Å². The molecule has 0 unspecified atom stereocenters. The molecule has 0 bridgehead atoms. The zero-order valence-electron chi connectivity index (χ0n) is 11.6. The van der Waals surface area contributed by atoms with Gasteiger partial charge in [-0.3, -0.25) is 4.90 Å². The average Bonchev–Trinajstić information content (AvgIpc) is 2.45. The van der Waals surface area contributed by atoms with Crippen LogP contribution in [-0.2, 0) is 6.42 Å². The Bertz CT molecular complexity index is 567. The molecule has 0 saturated carbocycles. The van der Waals surface area contributed by atoms with Crippen molar-refractivity contribution in [2.24, 2.45) is 5.92 Å². The van der Waals surface area contributed by atoms with Crippen LogP contribution in [0.4, 0.5) is 0 Å². The van der Waals surface area contributed by atoms with Crippen molar-refractivity contribution in [3.63, 3.8) is 0 Å². The minimum absolute atomic E-state index is 0.627. The summed E-state index contributed by atoms with van der Waals surface area (Å²) < 4.78 is 0. The van der Waals surface area contributed by atoms with Crippen LogP contribution in [0.3, 0.4) is 0 Å². The van der Waals surface area contributed by atoms with Crippen LogP contribution < -0.4 is 0 Å². The third kappa shape index (κ3) is 1.88. The molecule has 0 fully saturated rings. The molecule has 19 heavy (non-hydrogen) atoms. The lowest BCUT2D eigenvalue weighted by Crippen LogP contribution is -2.40. The minimum Gasteiger partial charge on any atom is -0.292 e. The Morgan fingerprint density at radius 2 is 2.05 bits per heavy atom. The van der Waals surface area contributed by atoms with Crippen LogP contribution in [0.25, 0.3) is 0 Å². The van der Waals surface area contributed by atoms with E-state index in [9.17, 15) is 0 Å². The van der Waals surface area contributed by atoms with Crippen LogP contribution in [0.2, 0.25) is 0 Å². The first-order chi connectivity index (χ1) is 9.31. The second-order valence-electron chi connectivity index (χ2n) is 6.31. The Hall–Kier alpha value is -1.34.